The van der Waals surface area contributed by atoms with E-state index in [1.54, 1.807) is 12.1 Å². The lowest BCUT2D eigenvalue weighted by Crippen LogP contribution is -2.47. The molecule has 0 spiro atoms. The van der Waals surface area contributed by atoms with Gasteiger partial charge in [-0.25, -0.2) is 8.42 Å². The molecule has 1 N–H and O–H groups in total. The van der Waals surface area contributed by atoms with Crippen LogP contribution in [0.25, 0.3) is 0 Å². The van der Waals surface area contributed by atoms with E-state index in [2.05, 4.69) is 5.32 Å². The minimum atomic E-state index is -2.97. The zero-order chi connectivity index (χ0) is 17.2. The molecule has 2 heterocycles. The molecule has 0 bridgehead atoms. The summed E-state index contributed by atoms with van der Waals surface area (Å²) >= 11 is 11.5. The molecule has 2 aliphatic heterocycles. The Labute approximate surface area is 153 Å². The predicted octanol–water partition coefficient (Wildman–Crippen LogP) is 2.70. The molecule has 2 atom stereocenters. The molecule has 132 valence electrons. The van der Waals surface area contributed by atoms with Crippen LogP contribution in [0.1, 0.15) is 19.3 Å². The van der Waals surface area contributed by atoms with E-state index in [-0.39, 0.29) is 23.7 Å². The fourth-order valence-corrected chi connectivity index (χ4v) is 5.35. The molecule has 0 amide bonds. The van der Waals surface area contributed by atoms with Gasteiger partial charge < -0.3 is 15.0 Å². The van der Waals surface area contributed by atoms with Crippen LogP contribution in [0.15, 0.2) is 24.3 Å². The highest BCUT2D eigenvalue weighted by Crippen LogP contribution is 2.23. The Morgan fingerprint density at radius 3 is 2.67 bits per heavy atom. The van der Waals surface area contributed by atoms with Gasteiger partial charge in [-0.15, -0.1) is 0 Å². The Hall–Kier alpha value is -0.890. The number of nitrogens with zero attached hydrogens (tertiary/aromatic N) is 1. The fourth-order valence-electron chi connectivity index (χ4n) is 3.16. The quantitative estimate of drug-likeness (QED) is 0.800. The van der Waals surface area contributed by atoms with Gasteiger partial charge in [0.25, 0.3) is 0 Å². The minimum Gasteiger partial charge on any atom is -0.376 e. The second-order valence-corrected chi connectivity index (χ2v) is 9.33. The molecule has 2 fully saturated rings. The summed E-state index contributed by atoms with van der Waals surface area (Å²) < 4.78 is 29.4. The number of benzene rings is 1. The van der Waals surface area contributed by atoms with Crippen LogP contribution in [0.2, 0.25) is 5.02 Å². The summed E-state index contributed by atoms with van der Waals surface area (Å²) in [6.45, 7) is 1.39. The van der Waals surface area contributed by atoms with Crippen molar-refractivity contribution < 1.29 is 13.2 Å². The number of sulfone groups is 1. The van der Waals surface area contributed by atoms with E-state index in [9.17, 15) is 8.42 Å². The van der Waals surface area contributed by atoms with Crippen LogP contribution in [0, 0.1) is 0 Å². The highest BCUT2D eigenvalue weighted by molar-refractivity contribution is 7.91. The van der Waals surface area contributed by atoms with Crippen molar-refractivity contribution in [3.05, 3.63) is 29.3 Å². The predicted molar refractivity (Wildman–Crippen MR) is 100 cm³/mol. The zero-order valence-electron chi connectivity index (χ0n) is 13.3. The first-order valence-electron chi connectivity index (χ1n) is 8.08. The molecule has 0 unspecified atom stereocenters. The SMILES string of the molecule is O=S1(=O)CC[C@@H](N(C[C@@H]2CCCO2)C(=S)Nc2ccc(Cl)cc2)C1. The third kappa shape index (κ3) is 4.59. The summed E-state index contributed by atoms with van der Waals surface area (Å²) in [4.78, 5) is 1.99. The Morgan fingerprint density at radius 2 is 2.08 bits per heavy atom. The van der Waals surface area contributed by atoms with E-state index in [0.717, 1.165) is 25.1 Å². The summed E-state index contributed by atoms with van der Waals surface area (Å²) in [5, 5.41) is 4.39. The van der Waals surface area contributed by atoms with Gasteiger partial charge in [0.15, 0.2) is 14.9 Å². The normalized spacial score (nSPS) is 25.5. The summed E-state index contributed by atoms with van der Waals surface area (Å²) in [5.41, 5.74) is 0.836. The molecular weight excluding hydrogens is 368 g/mol. The van der Waals surface area contributed by atoms with Gasteiger partial charge in [-0.3, -0.25) is 0 Å². The Balaban J connectivity index is 1.72. The maximum absolute atomic E-state index is 11.9. The number of ether oxygens (including phenoxy) is 1. The lowest BCUT2D eigenvalue weighted by atomic mass is 10.2. The van der Waals surface area contributed by atoms with E-state index in [1.165, 1.54) is 0 Å². The summed E-state index contributed by atoms with van der Waals surface area (Å²) in [7, 11) is -2.97. The molecule has 5 nitrogen and oxygen atoms in total. The van der Waals surface area contributed by atoms with E-state index in [1.807, 2.05) is 17.0 Å². The molecule has 0 aromatic heterocycles. The zero-order valence-corrected chi connectivity index (χ0v) is 15.7. The van der Waals surface area contributed by atoms with Crippen molar-refractivity contribution in [1.29, 1.82) is 0 Å². The van der Waals surface area contributed by atoms with Crippen molar-refractivity contribution in [2.75, 3.05) is 30.0 Å². The largest absolute Gasteiger partial charge is 0.376 e. The number of nitrogens with one attached hydrogen (secondary N) is 1. The Kier molecular flexibility index (Phi) is 5.64. The molecule has 0 saturated carbocycles. The molecule has 1 aromatic rings. The van der Waals surface area contributed by atoms with Crippen LogP contribution in [-0.2, 0) is 14.6 Å². The first kappa shape index (κ1) is 17.9. The average molecular weight is 389 g/mol. The minimum absolute atomic E-state index is 0.0912. The third-order valence-electron chi connectivity index (χ3n) is 4.43. The van der Waals surface area contributed by atoms with Gasteiger partial charge in [0, 0.05) is 29.9 Å². The smallest absolute Gasteiger partial charge is 0.173 e. The Morgan fingerprint density at radius 1 is 1.33 bits per heavy atom. The summed E-state index contributed by atoms with van der Waals surface area (Å²) in [6.07, 6.45) is 2.74. The van der Waals surface area contributed by atoms with E-state index < -0.39 is 9.84 Å². The molecule has 2 saturated heterocycles. The van der Waals surface area contributed by atoms with Crippen molar-refractivity contribution in [3.8, 4) is 0 Å². The molecular formula is C16H21ClN2O3S2. The number of anilines is 1. The lowest BCUT2D eigenvalue weighted by Gasteiger charge is -2.33. The van der Waals surface area contributed by atoms with Gasteiger partial charge >= 0.3 is 0 Å². The number of rotatable bonds is 4. The van der Waals surface area contributed by atoms with Crippen LogP contribution in [0.4, 0.5) is 5.69 Å². The van der Waals surface area contributed by atoms with Gasteiger partial charge in [-0.1, -0.05) is 11.6 Å². The van der Waals surface area contributed by atoms with Crippen molar-refractivity contribution in [2.24, 2.45) is 0 Å². The molecule has 24 heavy (non-hydrogen) atoms. The van der Waals surface area contributed by atoms with Gasteiger partial charge in [0.1, 0.15) is 0 Å². The molecule has 0 aliphatic carbocycles. The van der Waals surface area contributed by atoms with Gasteiger partial charge in [-0.05, 0) is 55.7 Å². The first-order chi connectivity index (χ1) is 11.4. The molecule has 2 aliphatic rings. The average Bonchev–Trinajstić information content (AvgIpc) is 3.16. The van der Waals surface area contributed by atoms with Gasteiger partial charge in [0.2, 0.25) is 0 Å². The van der Waals surface area contributed by atoms with Crippen LogP contribution in [0.3, 0.4) is 0 Å². The highest BCUT2D eigenvalue weighted by Gasteiger charge is 2.35. The van der Waals surface area contributed by atoms with Gasteiger partial charge in [-0.2, -0.15) is 0 Å². The van der Waals surface area contributed by atoms with E-state index in [4.69, 9.17) is 28.6 Å². The summed E-state index contributed by atoms with van der Waals surface area (Å²) in [5.74, 6) is 0.380. The second-order valence-electron chi connectivity index (χ2n) is 6.28. The maximum Gasteiger partial charge on any atom is 0.173 e. The van der Waals surface area contributed by atoms with Crippen LogP contribution in [0.5, 0.6) is 0 Å². The molecule has 1 aromatic carbocycles. The standard InChI is InChI=1S/C16H21ClN2O3S2/c17-12-3-5-13(6-4-12)18-16(23)19(10-15-2-1-8-22-15)14-7-9-24(20,21)11-14/h3-6,14-15H,1-2,7-11H2,(H,18,23)/t14-,15+/m1/s1. The first-order valence-corrected chi connectivity index (χ1v) is 10.7. The summed E-state index contributed by atoms with van der Waals surface area (Å²) in [6, 6.07) is 7.19. The fraction of sp³-hybridized carbons (Fsp3) is 0.562. The second kappa shape index (κ2) is 7.56. The number of hydrogen-bond donors (Lipinski definition) is 1. The van der Waals surface area contributed by atoms with Gasteiger partial charge in [0.05, 0.1) is 17.6 Å². The maximum atomic E-state index is 11.9. The monoisotopic (exact) mass is 388 g/mol. The third-order valence-corrected chi connectivity index (χ3v) is 6.77. The van der Waals surface area contributed by atoms with Crippen molar-refractivity contribution >= 4 is 44.5 Å². The van der Waals surface area contributed by atoms with Crippen molar-refractivity contribution in [1.82, 2.24) is 4.90 Å². The molecule has 3 rings (SSSR count). The van der Waals surface area contributed by atoms with E-state index in [0.29, 0.717) is 23.1 Å². The molecule has 0 radical (unpaired) electrons. The van der Waals surface area contributed by atoms with Crippen molar-refractivity contribution in [3.63, 3.8) is 0 Å². The lowest BCUT2D eigenvalue weighted by molar-refractivity contribution is 0.0851. The van der Waals surface area contributed by atoms with Crippen LogP contribution in [-0.4, -0.2) is 55.2 Å². The number of halogens is 1. The Bertz CT molecular complexity index is 688. The molecule has 8 heteroatoms. The topological polar surface area (TPSA) is 58.6 Å². The van der Waals surface area contributed by atoms with E-state index >= 15 is 0 Å². The number of hydrogen-bond acceptors (Lipinski definition) is 4. The van der Waals surface area contributed by atoms with Crippen molar-refractivity contribution in [2.45, 2.75) is 31.4 Å². The number of thiocarbonyl (C=S) groups is 1. The van der Waals surface area contributed by atoms with Crippen LogP contribution < -0.4 is 5.32 Å². The van der Waals surface area contributed by atoms with Crippen LogP contribution >= 0.6 is 23.8 Å². The highest BCUT2D eigenvalue weighted by atomic mass is 35.5.